The van der Waals surface area contributed by atoms with Crippen LogP contribution in [0, 0.1) is 32.6 Å². The monoisotopic (exact) mass is 327 g/mol. The molecule has 0 radical (unpaired) electrons. The summed E-state index contributed by atoms with van der Waals surface area (Å²) in [6, 6.07) is 0. The largest absolute Gasteiger partial charge is 0.361 e. The normalized spacial score (nSPS) is 23.0. The summed E-state index contributed by atoms with van der Waals surface area (Å²) in [7, 11) is 0. The highest BCUT2D eigenvalue weighted by molar-refractivity contribution is 5.96. The number of nitrogens with zero attached hydrogens (tertiary/aromatic N) is 5. The van der Waals surface area contributed by atoms with Crippen molar-refractivity contribution in [1.29, 1.82) is 0 Å². The number of hydrogen-bond acceptors (Lipinski definition) is 6. The molecule has 1 amide bonds. The van der Waals surface area contributed by atoms with Gasteiger partial charge in [0.15, 0.2) is 0 Å². The summed E-state index contributed by atoms with van der Waals surface area (Å²) in [5.74, 6) is 2.65. The summed E-state index contributed by atoms with van der Waals surface area (Å²) in [6.07, 6.45) is 3.45. The van der Waals surface area contributed by atoms with E-state index in [1.807, 2.05) is 24.9 Å². The SMILES string of the molecule is Cc1cncnc1N1CC2CN(C(=O)c3c(C)noc3C)CC2C1. The molecule has 2 fully saturated rings. The van der Waals surface area contributed by atoms with Gasteiger partial charge in [-0.2, -0.15) is 0 Å². The Labute approximate surface area is 140 Å². The topological polar surface area (TPSA) is 75.4 Å². The van der Waals surface area contributed by atoms with E-state index in [1.54, 1.807) is 13.3 Å². The predicted molar refractivity (Wildman–Crippen MR) is 87.8 cm³/mol. The second-order valence-corrected chi connectivity index (χ2v) is 6.86. The molecule has 2 saturated heterocycles. The molecule has 4 heterocycles. The molecule has 7 heteroatoms. The van der Waals surface area contributed by atoms with Crippen LogP contribution in [0.25, 0.3) is 0 Å². The highest BCUT2D eigenvalue weighted by Crippen LogP contribution is 2.35. The van der Waals surface area contributed by atoms with Gasteiger partial charge in [0.1, 0.15) is 23.5 Å². The van der Waals surface area contributed by atoms with E-state index in [-0.39, 0.29) is 5.91 Å². The molecule has 0 aromatic carbocycles. The Morgan fingerprint density at radius 3 is 2.46 bits per heavy atom. The van der Waals surface area contributed by atoms with E-state index >= 15 is 0 Å². The van der Waals surface area contributed by atoms with Gasteiger partial charge < -0.3 is 14.3 Å². The Hall–Kier alpha value is -2.44. The van der Waals surface area contributed by atoms with Crippen LogP contribution in [0.5, 0.6) is 0 Å². The molecule has 0 bridgehead atoms. The molecule has 0 saturated carbocycles. The number of carbonyl (C=O) groups excluding carboxylic acids is 1. The number of likely N-dealkylation sites (tertiary alicyclic amines) is 1. The first-order valence-electron chi connectivity index (χ1n) is 8.28. The van der Waals surface area contributed by atoms with Crippen LogP contribution in [0.4, 0.5) is 5.82 Å². The summed E-state index contributed by atoms with van der Waals surface area (Å²) in [5, 5.41) is 3.90. The Balaban J connectivity index is 1.47. The van der Waals surface area contributed by atoms with Gasteiger partial charge in [0.05, 0.1) is 5.69 Å². The highest BCUT2D eigenvalue weighted by atomic mass is 16.5. The molecule has 2 atom stereocenters. The summed E-state index contributed by atoms with van der Waals surface area (Å²) in [5.41, 5.74) is 2.40. The minimum Gasteiger partial charge on any atom is -0.361 e. The van der Waals surface area contributed by atoms with E-state index in [0.29, 0.717) is 28.9 Å². The van der Waals surface area contributed by atoms with Gasteiger partial charge in [-0.1, -0.05) is 5.16 Å². The Bertz CT molecular complexity index is 754. The lowest BCUT2D eigenvalue weighted by Crippen LogP contribution is -2.34. The average Bonchev–Trinajstić information content (AvgIpc) is 3.20. The van der Waals surface area contributed by atoms with Crippen molar-refractivity contribution in [1.82, 2.24) is 20.0 Å². The van der Waals surface area contributed by atoms with E-state index in [0.717, 1.165) is 37.6 Å². The minimum absolute atomic E-state index is 0.0467. The molecule has 4 rings (SSSR count). The van der Waals surface area contributed by atoms with Gasteiger partial charge in [0.2, 0.25) is 0 Å². The molecule has 0 N–H and O–H groups in total. The van der Waals surface area contributed by atoms with Gasteiger partial charge in [-0.3, -0.25) is 4.79 Å². The number of rotatable bonds is 2. The minimum atomic E-state index is 0.0467. The molecular formula is C17H21N5O2. The fourth-order valence-corrected chi connectivity index (χ4v) is 4.00. The molecule has 0 aliphatic carbocycles. The van der Waals surface area contributed by atoms with E-state index in [9.17, 15) is 4.79 Å². The molecule has 2 aliphatic heterocycles. The molecule has 7 nitrogen and oxygen atoms in total. The third-order valence-electron chi connectivity index (χ3n) is 5.19. The van der Waals surface area contributed by atoms with E-state index in [4.69, 9.17) is 4.52 Å². The molecule has 0 spiro atoms. The lowest BCUT2D eigenvalue weighted by molar-refractivity contribution is 0.0780. The van der Waals surface area contributed by atoms with Crippen molar-refractivity contribution in [2.45, 2.75) is 20.8 Å². The number of anilines is 1. The Morgan fingerprint density at radius 2 is 1.88 bits per heavy atom. The fourth-order valence-electron chi connectivity index (χ4n) is 4.00. The number of carbonyl (C=O) groups is 1. The van der Waals surface area contributed by atoms with Crippen LogP contribution < -0.4 is 4.90 Å². The van der Waals surface area contributed by atoms with Crippen molar-refractivity contribution < 1.29 is 9.32 Å². The van der Waals surface area contributed by atoms with E-state index in [1.165, 1.54) is 0 Å². The first kappa shape index (κ1) is 15.1. The lowest BCUT2D eigenvalue weighted by Gasteiger charge is -2.23. The summed E-state index contributed by atoms with van der Waals surface area (Å²) < 4.78 is 5.14. The average molecular weight is 327 g/mol. The number of hydrogen-bond donors (Lipinski definition) is 0. The third kappa shape index (κ3) is 2.35. The maximum Gasteiger partial charge on any atom is 0.259 e. The van der Waals surface area contributed by atoms with Crippen LogP contribution in [-0.4, -0.2) is 52.1 Å². The summed E-state index contributed by atoms with van der Waals surface area (Å²) >= 11 is 0. The van der Waals surface area contributed by atoms with Crippen molar-refractivity contribution in [2.75, 3.05) is 31.1 Å². The van der Waals surface area contributed by atoms with Crippen LogP contribution in [0.1, 0.15) is 27.4 Å². The summed E-state index contributed by atoms with van der Waals surface area (Å²) in [6.45, 7) is 9.10. The van der Waals surface area contributed by atoms with Crippen LogP contribution in [0.15, 0.2) is 17.0 Å². The maximum atomic E-state index is 12.8. The van der Waals surface area contributed by atoms with Crippen molar-refractivity contribution in [2.24, 2.45) is 11.8 Å². The Morgan fingerprint density at radius 1 is 1.17 bits per heavy atom. The van der Waals surface area contributed by atoms with Gasteiger partial charge in [-0.25, -0.2) is 9.97 Å². The number of amides is 1. The lowest BCUT2D eigenvalue weighted by atomic mass is 10.0. The van der Waals surface area contributed by atoms with Crippen molar-refractivity contribution in [3.63, 3.8) is 0 Å². The van der Waals surface area contributed by atoms with E-state index in [2.05, 4.69) is 20.0 Å². The maximum absolute atomic E-state index is 12.8. The predicted octanol–water partition coefficient (Wildman–Crippen LogP) is 1.60. The molecular weight excluding hydrogens is 306 g/mol. The molecule has 2 aliphatic rings. The zero-order valence-corrected chi connectivity index (χ0v) is 14.2. The number of aromatic nitrogens is 3. The van der Waals surface area contributed by atoms with Crippen molar-refractivity contribution in [3.05, 3.63) is 35.1 Å². The first-order chi connectivity index (χ1) is 11.5. The second-order valence-electron chi connectivity index (χ2n) is 6.86. The van der Waals surface area contributed by atoms with Crippen LogP contribution >= 0.6 is 0 Å². The summed E-state index contributed by atoms with van der Waals surface area (Å²) in [4.78, 5) is 25.5. The van der Waals surface area contributed by atoms with Crippen LogP contribution in [0.3, 0.4) is 0 Å². The van der Waals surface area contributed by atoms with Gasteiger partial charge in [-0.05, 0) is 20.8 Å². The third-order valence-corrected chi connectivity index (χ3v) is 5.19. The smallest absolute Gasteiger partial charge is 0.259 e. The van der Waals surface area contributed by atoms with Gasteiger partial charge in [0.25, 0.3) is 5.91 Å². The van der Waals surface area contributed by atoms with Crippen LogP contribution in [-0.2, 0) is 0 Å². The van der Waals surface area contributed by atoms with Crippen molar-refractivity contribution in [3.8, 4) is 0 Å². The quantitative estimate of drug-likeness (QED) is 0.834. The van der Waals surface area contributed by atoms with Crippen molar-refractivity contribution >= 4 is 11.7 Å². The fraction of sp³-hybridized carbons (Fsp3) is 0.529. The van der Waals surface area contributed by atoms with Gasteiger partial charge in [-0.15, -0.1) is 0 Å². The zero-order chi connectivity index (χ0) is 16.8. The molecule has 2 unspecified atom stereocenters. The number of aryl methyl sites for hydroxylation is 3. The van der Waals surface area contributed by atoms with E-state index < -0.39 is 0 Å². The van der Waals surface area contributed by atoms with Gasteiger partial charge in [0, 0.05) is 49.8 Å². The first-order valence-corrected chi connectivity index (χ1v) is 8.28. The Kier molecular flexibility index (Phi) is 3.51. The second kappa shape index (κ2) is 5.58. The zero-order valence-electron chi connectivity index (χ0n) is 14.2. The molecule has 2 aromatic heterocycles. The van der Waals surface area contributed by atoms with Gasteiger partial charge >= 0.3 is 0 Å². The standard InChI is InChI=1S/C17H21N5O2/c1-10-4-18-9-19-16(10)21-5-13-7-22(8-14(13)6-21)17(23)15-11(2)20-24-12(15)3/h4,9,13-14H,5-8H2,1-3H3. The molecule has 2 aromatic rings. The number of fused-ring (bicyclic) bond motifs is 1. The highest BCUT2D eigenvalue weighted by Gasteiger charge is 2.43. The molecule has 24 heavy (non-hydrogen) atoms. The van der Waals surface area contributed by atoms with Crippen LogP contribution in [0.2, 0.25) is 0 Å². The molecule has 126 valence electrons.